The van der Waals surface area contributed by atoms with Crippen molar-refractivity contribution in [3.8, 4) is 0 Å². The second kappa shape index (κ2) is 7.00. The number of aryl methyl sites for hydroxylation is 2. The third-order valence-corrected chi connectivity index (χ3v) is 6.44. The first kappa shape index (κ1) is 21.1. The summed E-state index contributed by atoms with van der Waals surface area (Å²) in [6.45, 7) is 17.3. The topological polar surface area (TPSA) is 40.5 Å². The first-order chi connectivity index (χ1) is 12.8. The molecule has 2 nitrogen and oxygen atoms in total. The number of hydrogen-bond acceptors (Lipinski definition) is 2. The van der Waals surface area contributed by atoms with Crippen LogP contribution in [0.3, 0.4) is 0 Å². The van der Waals surface area contributed by atoms with E-state index in [-0.39, 0.29) is 10.8 Å². The van der Waals surface area contributed by atoms with Crippen molar-refractivity contribution in [3.63, 3.8) is 0 Å². The predicted octanol–water partition coefficient (Wildman–Crippen LogP) is 5.76. The van der Waals surface area contributed by atoms with E-state index < -0.39 is 12.2 Å². The Morgan fingerprint density at radius 2 is 0.964 bits per heavy atom. The van der Waals surface area contributed by atoms with Gasteiger partial charge in [-0.3, -0.25) is 0 Å². The Morgan fingerprint density at radius 1 is 0.643 bits per heavy atom. The van der Waals surface area contributed by atoms with Gasteiger partial charge in [-0.25, -0.2) is 0 Å². The molecule has 0 fully saturated rings. The van der Waals surface area contributed by atoms with Crippen LogP contribution in [0.25, 0.3) is 0 Å². The smallest absolute Gasteiger partial charge is 0.109 e. The van der Waals surface area contributed by atoms with E-state index in [2.05, 4.69) is 79.7 Å². The number of aliphatic hydroxyl groups is 2. The van der Waals surface area contributed by atoms with Crippen molar-refractivity contribution in [3.05, 3.63) is 68.8 Å². The Balaban J connectivity index is 2.24. The molecule has 3 rings (SSSR count). The molecule has 1 aliphatic carbocycles. The second-order valence-corrected chi connectivity index (χ2v) is 10.6. The first-order valence-electron chi connectivity index (χ1n) is 10.4. The van der Waals surface area contributed by atoms with Crippen LogP contribution in [0.15, 0.2) is 24.3 Å². The molecule has 4 bridgehead atoms. The fourth-order valence-corrected chi connectivity index (χ4v) is 4.21. The van der Waals surface area contributed by atoms with Crippen molar-refractivity contribution in [2.24, 2.45) is 0 Å². The maximum Gasteiger partial charge on any atom is 0.109 e. The average Bonchev–Trinajstić information content (AvgIpc) is 2.58. The minimum Gasteiger partial charge on any atom is -0.385 e. The van der Waals surface area contributed by atoms with E-state index >= 15 is 0 Å². The van der Waals surface area contributed by atoms with Gasteiger partial charge in [0.1, 0.15) is 12.2 Å². The van der Waals surface area contributed by atoms with Gasteiger partial charge in [-0.15, -0.1) is 0 Å². The van der Waals surface area contributed by atoms with Gasteiger partial charge in [0.25, 0.3) is 0 Å². The maximum atomic E-state index is 11.2. The van der Waals surface area contributed by atoms with Crippen LogP contribution in [-0.2, 0) is 23.7 Å². The van der Waals surface area contributed by atoms with E-state index in [0.29, 0.717) is 0 Å². The van der Waals surface area contributed by atoms with E-state index in [1.165, 1.54) is 22.3 Å². The van der Waals surface area contributed by atoms with Gasteiger partial charge < -0.3 is 10.2 Å². The fraction of sp³-hybridized carbons (Fsp3) is 0.538. The summed E-state index contributed by atoms with van der Waals surface area (Å²) in [6, 6.07) is 8.78. The molecule has 0 aliphatic heterocycles. The van der Waals surface area contributed by atoms with Gasteiger partial charge in [0.15, 0.2) is 0 Å². The summed E-state index contributed by atoms with van der Waals surface area (Å²) in [5.74, 6) is 0. The number of benzene rings is 2. The lowest BCUT2D eigenvalue weighted by Crippen LogP contribution is -2.21. The Bertz CT molecular complexity index is 819. The van der Waals surface area contributed by atoms with Gasteiger partial charge in [-0.1, -0.05) is 65.8 Å². The molecule has 2 unspecified atom stereocenters. The first-order valence-corrected chi connectivity index (χ1v) is 10.4. The molecule has 1 aliphatic rings. The highest BCUT2D eigenvalue weighted by atomic mass is 16.3. The van der Waals surface area contributed by atoms with Crippen LogP contribution in [0.4, 0.5) is 0 Å². The minimum absolute atomic E-state index is 0.00435. The fourth-order valence-electron chi connectivity index (χ4n) is 4.21. The molecule has 2 N–H and O–H groups in total. The molecule has 0 heterocycles. The Kier molecular flexibility index (Phi) is 5.27. The molecular formula is C26H36O2. The van der Waals surface area contributed by atoms with Gasteiger partial charge in [-0.2, -0.15) is 0 Å². The summed E-state index contributed by atoms with van der Waals surface area (Å²) in [5.41, 5.74) is 8.91. The van der Waals surface area contributed by atoms with Crippen LogP contribution in [0, 0.1) is 13.8 Å². The minimum atomic E-state index is -0.930. The standard InChI is InChI=1S/C26H36O2/c1-15-17-9-10-18-12-20(26(6,7)8)14-22(16(18)2)24(28)23(27)21(15)13-19(11-17)25(3,4)5/h11-14,23-24,27-28H,9-10H2,1-8H3. The van der Waals surface area contributed by atoms with E-state index in [4.69, 9.17) is 0 Å². The lowest BCUT2D eigenvalue weighted by molar-refractivity contribution is 0.0162. The van der Waals surface area contributed by atoms with E-state index in [1.54, 1.807) is 0 Å². The molecule has 152 valence electrons. The molecule has 0 amide bonds. The quantitative estimate of drug-likeness (QED) is 0.609. The maximum absolute atomic E-state index is 11.2. The van der Waals surface area contributed by atoms with Gasteiger partial charge in [0, 0.05) is 0 Å². The lowest BCUT2D eigenvalue weighted by Gasteiger charge is -2.30. The van der Waals surface area contributed by atoms with E-state index in [1.807, 2.05) is 0 Å². The third kappa shape index (κ3) is 3.77. The highest BCUT2D eigenvalue weighted by Gasteiger charge is 2.29. The van der Waals surface area contributed by atoms with Crippen molar-refractivity contribution < 1.29 is 10.2 Å². The average molecular weight is 381 g/mol. The van der Waals surface area contributed by atoms with Crippen LogP contribution in [0.2, 0.25) is 0 Å². The molecular weight excluding hydrogens is 344 g/mol. The summed E-state index contributed by atoms with van der Waals surface area (Å²) in [7, 11) is 0. The molecule has 0 spiro atoms. The number of hydrogen-bond donors (Lipinski definition) is 2. The van der Waals surface area contributed by atoms with Gasteiger partial charge in [0.05, 0.1) is 0 Å². The van der Waals surface area contributed by atoms with Crippen molar-refractivity contribution in [1.29, 1.82) is 0 Å². The van der Waals surface area contributed by atoms with E-state index in [0.717, 1.165) is 35.1 Å². The molecule has 2 heteroatoms. The molecule has 0 aromatic heterocycles. The Morgan fingerprint density at radius 3 is 1.25 bits per heavy atom. The zero-order valence-corrected chi connectivity index (χ0v) is 18.8. The van der Waals surface area contributed by atoms with Crippen LogP contribution >= 0.6 is 0 Å². The molecule has 0 saturated carbocycles. The van der Waals surface area contributed by atoms with E-state index in [9.17, 15) is 10.2 Å². The molecule has 2 aromatic rings. The summed E-state index contributed by atoms with van der Waals surface area (Å²) in [5, 5.41) is 22.4. The van der Waals surface area contributed by atoms with Crippen molar-refractivity contribution in [2.45, 2.75) is 91.3 Å². The lowest BCUT2D eigenvalue weighted by atomic mass is 9.77. The summed E-state index contributed by atoms with van der Waals surface area (Å²) in [6.07, 6.45) is 0.0284. The number of fused-ring (bicyclic) bond motifs is 4. The highest BCUT2D eigenvalue weighted by Crippen LogP contribution is 2.40. The molecule has 28 heavy (non-hydrogen) atoms. The Hall–Kier alpha value is -1.64. The zero-order valence-electron chi connectivity index (χ0n) is 18.8. The van der Waals surface area contributed by atoms with Crippen LogP contribution in [0.5, 0.6) is 0 Å². The zero-order chi connectivity index (χ0) is 21.0. The van der Waals surface area contributed by atoms with Crippen molar-refractivity contribution in [1.82, 2.24) is 0 Å². The monoisotopic (exact) mass is 380 g/mol. The van der Waals surface area contributed by atoms with Gasteiger partial charge >= 0.3 is 0 Å². The summed E-state index contributed by atoms with van der Waals surface area (Å²) in [4.78, 5) is 0. The second-order valence-electron chi connectivity index (χ2n) is 10.6. The normalized spacial score (nSPS) is 20.2. The molecule has 0 saturated heterocycles. The van der Waals surface area contributed by atoms with Crippen molar-refractivity contribution >= 4 is 0 Å². The predicted molar refractivity (Wildman–Crippen MR) is 117 cm³/mol. The van der Waals surface area contributed by atoms with Crippen LogP contribution < -0.4 is 0 Å². The molecule has 0 radical (unpaired) electrons. The van der Waals surface area contributed by atoms with Gasteiger partial charge in [-0.05, 0) is 82.0 Å². The van der Waals surface area contributed by atoms with Crippen molar-refractivity contribution in [2.75, 3.05) is 0 Å². The van der Waals surface area contributed by atoms with Crippen LogP contribution in [-0.4, -0.2) is 10.2 Å². The largest absolute Gasteiger partial charge is 0.385 e. The van der Waals surface area contributed by atoms with Crippen LogP contribution in [0.1, 0.15) is 98.3 Å². The highest BCUT2D eigenvalue weighted by molar-refractivity contribution is 5.48. The summed E-state index contributed by atoms with van der Waals surface area (Å²) >= 11 is 0. The molecule has 2 aromatic carbocycles. The Labute approximate surface area is 170 Å². The molecule has 2 atom stereocenters. The number of rotatable bonds is 0. The van der Waals surface area contributed by atoms with Gasteiger partial charge in [0.2, 0.25) is 0 Å². The third-order valence-electron chi connectivity index (χ3n) is 6.44. The number of aliphatic hydroxyl groups excluding tert-OH is 2. The SMILES string of the molecule is Cc1c2cc(C(C)(C)C)cc1C(O)C(O)c1cc(C(C)(C)C)cc(c1C)CC2. The summed E-state index contributed by atoms with van der Waals surface area (Å²) < 4.78 is 0.